The number of aliphatic hydroxyl groups is 1. The summed E-state index contributed by atoms with van der Waals surface area (Å²) >= 11 is 0. The van der Waals surface area contributed by atoms with Crippen molar-refractivity contribution >= 4 is 0 Å². The van der Waals surface area contributed by atoms with Gasteiger partial charge in [0.05, 0.1) is 6.10 Å². The van der Waals surface area contributed by atoms with E-state index in [1.54, 1.807) is 6.92 Å². The Bertz CT molecular complexity index is 49.7. The first-order valence-corrected chi connectivity index (χ1v) is 2.62. The molecule has 0 aliphatic carbocycles. The van der Waals surface area contributed by atoms with Crippen molar-refractivity contribution < 1.29 is 5.11 Å². The summed E-state index contributed by atoms with van der Waals surface area (Å²) in [7, 11) is 0. The summed E-state index contributed by atoms with van der Waals surface area (Å²) in [6, 6.07) is 0. The van der Waals surface area contributed by atoms with Crippen LogP contribution >= 0.6 is 0 Å². The molecule has 1 nitrogen and oxygen atoms in total. The van der Waals surface area contributed by atoms with Crippen LogP contribution in [0.3, 0.4) is 0 Å². The van der Waals surface area contributed by atoms with Crippen LogP contribution in [0.5, 0.6) is 0 Å². The van der Waals surface area contributed by atoms with E-state index in [0.29, 0.717) is 0 Å². The third-order valence-electron chi connectivity index (χ3n) is 1.25. The summed E-state index contributed by atoms with van der Waals surface area (Å²) in [6.07, 6.45) is -0.201. The second kappa shape index (κ2) is 1.83. The fourth-order valence-electron chi connectivity index (χ4n) is 0. The topological polar surface area (TPSA) is 20.2 Å². The maximum Gasteiger partial charge on any atom is 0.0560 e. The lowest BCUT2D eigenvalue weighted by molar-refractivity contribution is 0.0801. The zero-order chi connectivity index (χ0) is 6.08. The van der Waals surface area contributed by atoms with Gasteiger partial charge < -0.3 is 5.11 Å². The molecule has 0 aromatic heterocycles. The van der Waals surface area contributed by atoms with Crippen LogP contribution in [0.25, 0.3) is 0 Å². The predicted molar refractivity (Wildman–Crippen MR) is 31.1 cm³/mol. The second-order valence-electron chi connectivity index (χ2n) is 3.04. The molecule has 0 aliphatic heterocycles. The Morgan fingerprint density at radius 1 is 1.29 bits per heavy atom. The standard InChI is InChI=1S/C6H14O/c1-5(7)6(2,3)4/h5,7H,1-4H3/t5-/m1/s1. The molecule has 0 rings (SSSR count). The van der Waals surface area contributed by atoms with Gasteiger partial charge in [-0.1, -0.05) is 20.8 Å². The van der Waals surface area contributed by atoms with Crippen LogP contribution in [0, 0.1) is 5.41 Å². The van der Waals surface area contributed by atoms with E-state index in [4.69, 9.17) is 5.11 Å². The Balaban J connectivity index is 3.54. The van der Waals surface area contributed by atoms with Gasteiger partial charge in [-0.05, 0) is 12.3 Å². The summed E-state index contributed by atoms with van der Waals surface area (Å²) < 4.78 is 0. The lowest BCUT2D eigenvalue weighted by Crippen LogP contribution is -2.21. The smallest absolute Gasteiger partial charge is 0.0560 e. The van der Waals surface area contributed by atoms with E-state index < -0.39 is 0 Å². The molecule has 0 spiro atoms. The molecule has 0 aromatic rings. The molecule has 0 saturated carbocycles. The highest BCUT2D eigenvalue weighted by Crippen LogP contribution is 2.17. The Kier molecular flexibility index (Phi) is 1.82. The average molecular weight is 102 g/mol. The van der Waals surface area contributed by atoms with Gasteiger partial charge in [0.25, 0.3) is 0 Å². The molecule has 0 fully saturated rings. The van der Waals surface area contributed by atoms with Crippen LogP contribution in [0.1, 0.15) is 27.7 Å². The molecule has 0 amide bonds. The number of rotatable bonds is 0. The van der Waals surface area contributed by atoms with Crippen molar-refractivity contribution in [3.05, 3.63) is 0 Å². The third-order valence-corrected chi connectivity index (χ3v) is 1.25. The maximum absolute atomic E-state index is 8.89. The van der Waals surface area contributed by atoms with Gasteiger partial charge >= 0.3 is 0 Å². The van der Waals surface area contributed by atoms with E-state index >= 15 is 0 Å². The van der Waals surface area contributed by atoms with E-state index in [-0.39, 0.29) is 11.5 Å². The minimum absolute atomic E-state index is 0.0556. The van der Waals surface area contributed by atoms with Crippen molar-refractivity contribution in [2.24, 2.45) is 5.41 Å². The summed E-state index contributed by atoms with van der Waals surface area (Å²) in [5.74, 6) is 0. The van der Waals surface area contributed by atoms with Gasteiger partial charge in [-0.2, -0.15) is 0 Å². The quantitative estimate of drug-likeness (QED) is 0.490. The van der Waals surface area contributed by atoms with E-state index in [9.17, 15) is 0 Å². The first-order valence-electron chi connectivity index (χ1n) is 2.62. The minimum Gasteiger partial charge on any atom is -0.393 e. The highest BCUT2D eigenvalue weighted by Gasteiger charge is 2.15. The monoisotopic (exact) mass is 102 g/mol. The zero-order valence-electron chi connectivity index (χ0n) is 5.52. The molecule has 0 bridgehead atoms. The van der Waals surface area contributed by atoms with Crippen molar-refractivity contribution in [1.82, 2.24) is 0 Å². The summed E-state index contributed by atoms with van der Waals surface area (Å²) in [4.78, 5) is 0. The number of aliphatic hydroxyl groups excluding tert-OH is 1. The SMILES string of the molecule is C[C@@H](O)C(C)(C)C. The average Bonchev–Trinajstić information content (AvgIpc) is 1.31. The summed E-state index contributed by atoms with van der Waals surface area (Å²) in [5.41, 5.74) is 0.0556. The third kappa shape index (κ3) is 2.63. The van der Waals surface area contributed by atoms with E-state index in [0.717, 1.165) is 0 Å². The van der Waals surface area contributed by atoms with Gasteiger partial charge in [0.2, 0.25) is 0 Å². The fraction of sp³-hybridized carbons (Fsp3) is 1.00. The summed E-state index contributed by atoms with van der Waals surface area (Å²) in [6.45, 7) is 7.84. The molecule has 0 radical (unpaired) electrons. The molecule has 0 aromatic carbocycles. The molecule has 0 saturated heterocycles. The van der Waals surface area contributed by atoms with Crippen LogP contribution in [0.15, 0.2) is 0 Å². The molecule has 1 N–H and O–H groups in total. The van der Waals surface area contributed by atoms with Crippen LogP contribution in [-0.2, 0) is 0 Å². The van der Waals surface area contributed by atoms with E-state index in [1.807, 2.05) is 20.8 Å². The summed E-state index contributed by atoms with van der Waals surface area (Å²) in [5, 5.41) is 8.89. The van der Waals surface area contributed by atoms with E-state index in [1.165, 1.54) is 0 Å². The highest BCUT2D eigenvalue weighted by atomic mass is 16.3. The molecule has 0 aliphatic rings. The molecule has 1 atom stereocenters. The number of hydrogen-bond donors (Lipinski definition) is 1. The van der Waals surface area contributed by atoms with Crippen LogP contribution in [0.2, 0.25) is 0 Å². The first kappa shape index (κ1) is 6.96. The molecular formula is C6H14O. The van der Waals surface area contributed by atoms with Crippen molar-refractivity contribution in [2.45, 2.75) is 33.8 Å². The lowest BCUT2D eigenvalue weighted by Gasteiger charge is -2.21. The normalized spacial score (nSPS) is 16.7. The first-order chi connectivity index (χ1) is 2.94. The minimum atomic E-state index is -0.201. The Morgan fingerprint density at radius 3 is 1.43 bits per heavy atom. The van der Waals surface area contributed by atoms with Crippen LogP contribution in [0.4, 0.5) is 0 Å². The van der Waals surface area contributed by atoms with Crippen LogP contribution in [-0.4, -0.2) is 11.2 Å². The van der Waals surface area contributed by atoms with Crippen molar-refractivity contribution in [2.75, 3.05) is 0 Å². The molecular weight excluding hydrogens is 88.1 g/mol. The van der Waals surface area contributed by atoms with E-state index in [2.05, 4.69) is 0 Å². The zero-order valence-corrected chi connectivity index (χ0v) is 5.52. The molecule has 7 heavy (non-hydrogen) atoms. The molecule has 44 valence electrons. The van der Waals surface area contributed by atoms with Crippen molar-refractivity contribution in [3.63, 3.8) is 0 Å². The maximum atomic E-state index is 8.89. The van der Waals surface area contributed by atoms with Crippen LogP contribution < -0.4 is 0 Å². The second-order valence-corrected chi connectivity index (χ2v) is 3.04. The Labute approximate surface area is 45.4 Å². The van der Waals surface area contributed by atoms with Gasteiger partial charge in [0.1, 0.15) is 0 Å². The van der Waals surface area contributed by atoms with Gasteiger partial charge in [-0.15, -0.1) is 0 Å². The lowest BCUT2D eigenvalue weighted by atomic mass is 9.91. The van der Waals surface area contributed by atoms with Gasteiger partial charge in [0, 0.05) is 0 Å². The largest absolute Gasteiger partial charge is 0.393 e. The van der Waals surface area contributed by atoms with Gasteiger partial charge in [0.15, 0.2) is 0 Å². The highest BCUT2D eigenvalue weighted by molar-refractivity contribution is 4.66. The fourth-order valence-corrected chi connectivity index (χ4v) is 0. The van der Waals surface area contributed by atoms with Gasteiger partial charge in [-0.25, -0.2) is 0 Å². The predicted octanol–water partition coefficient (Wildman–Crippen LogP) is 1.41. The Hall–Kier alpha value is -0.0400. The Morgan fingerprint density at radius 2 is 1.43 bits per heavy atom. The number of hydrogen-bond acceptors (Lipinski definition) is 1. The molecule has 0 unspecified atom stereocenters. The van der Waals surface area contributed by atoms with Crippen molar-refractivity contribution in [3.8, 4) is 0 Å². The molecule has 1 heteroatoms. The molecule has 0 heterocycles. The van der Waals surface area contributed by atoms with Gasteiger partial charge in [-0.3, -0.25) is 0 Å². The van der Waals surface area contributed by atoms with Crippen molar-refractivity contribution in [1.29, 1.82) is 0 Å².